The third-order valence-electron chi connectivity index (χ3n) is 1.22. The van der Waals surface area contributed by atoms with Crippen LogP contribution in [-0.4, -0.2) is 9.88 Å². The molecular weight excluding hydrogens is 216 g/mol. The van der Waals surface area contributed by atoms with Gasteiger partial charge in [-0.25, -0.2) is 0 Å². The van der Waals surface area contributed by atoms with E-state index in [1.807, 2.05) is 18.2 Å². The van der Waals surface area contributed by atoms with Crippen molar-refractivity contribution in [2.24, 2.45) is 5.73 Å². The molecule has 0 fully saturated rings. The highest BCUT2D eigenvalue weighted by atomic mass is 32.1. The van der Waals surface area contributed by atoms with E-state index in [1.54, 1.807) is 17.1 Å². The standard InChI is InChI=1S/C5H5NS2.C4H7NO/c7-5-3-1-2-4-6(5)8;1-3(2)4(5)6/h1-4,8H;1H2,2H3,(H2,5,6). The number of primary amides is 1. The number of carbonyl (C=O) groups is 1. The van der Waals surface area contributed by atoms with Gasteiger partial charge >= 0.3 is 0 Å². The number of hydrogen-bond donors (Lipinski definition) is 2. The number of pyridine rings is 1. The molecule has 0 aliphatic heterocycles. The van der Waals surface area contributed by atoms with Crippen molar-refractivity contribution in [1.29, 1.82) is 0 Å². The summed E-state index contributed by atoms with van der Waals surface area (Å²) in [5, 5.41) is 0. The quantitative estimate of drug-likeness (QED) is 0.438. The lowest BCUT2D eigenvalue weighted by Gasteiger charge is -1.90. The summed E-state index contributed by atoms with van der Waals surface area (Å²) >= 11 is 8.85. The first kappa shape index (κ1) is 12.9. The molecule has 0 bridgehead atoms. The second-order valence-electron chi connectivity index (χ2n) is 2.53. The van der Waals surface area contributed by atoms with Crippen molar-refractivity contribution in [2.75, 3.05) is 0 Å². The topological polar surface area (TPSA) is 48.0 Å². The monoisotopic (exact) mass is 228 g/mol. The van der Waals surface area contributed by atoms with Crippen molar-refractivity contribution in [3.05, 3.63) is 41.2 Å². The molecule has 14 heavy (non-hydrogen) atoms. The first-order valence-corrected chi connectivity index (χ1v) is 4.58. The molecule has 0 atom stereocenters. The Labute approximate surface area is 93.8 Å². The van der Waals surface area contributed by atoms with Gasteiger partial charge in [-0.3, -0.25) is 8.77 Å². The maximum absolute atomic E-state index is 9.82. The molecule has 1 aromatic rings. The van der Waals surface area contributed by atoms with Crippen LogP contribution in [0.2, 0.25) is 0 Å². The van der Waals surface area contributed by atoms with Gasteiger partial charge in [0, 0.05) is 11.8 Å². The van der Waals surface area contributed by atoms with Crippen LogP contribution in [0.5, 0.6) is 0 Å². The Morgan fingerprint density at radius 1 is 1.64 bits per heavy atom. The Balaban J connectivity index is 0.000000255. The van der Waals surface area contributed by atoms with Crippen LogP contribution in [0.4, 0.5) is 0 Å². The maximum Gasteiger partial charge on any atom is 0.243 e. The molecule has 0 unspecified atom stereocenters. The Bertz CT molecular complexity index is 372. The predicted octanol–water partition coefficient (Wildman–Crippen LogP) is 1.96. The van der Waals surface area contributed by atoms with E-state index in [4.69, 9.17) is 18.0 Å². The summed E-state index contributed by atoms with van der Waals surface area (Å²) in [6.45, 7) is 4.85. The lowest BCUT2D eigenvalue weighted by molar-refractivity contribution is -0.114. The lowest BCUT2D eigenvalue weighted by atomic mass is 10.3. The fourth-order valence-corrected chi connectivity index (χ4v) is 0.702. The van der Waals surface area contributed by atoms with Crippen LogP contribution in [0.1, 0.15) is 6.92 Å². The summed E-state index contributed by atoms with van der Waals surface area (Å²) in [4.78, 5) is 9.82. The number of thiol groups is 1. The Kier molecular flexibility index (Phi) is 5.91. The van der Waals surface area contributed by atoms with Crippen LogP contribution in [0.3, 0.4) is 0 Å². The van der Waals surface area contributed by atoms with Gasteiger partial charge in [0.25, 0.3) is 0 Å². The number of rotatable bonds is 1. The third-order valence-corrected chi connectivity index (χ3v) is 2.04. The van der Waals surface area contributed by atoms with Crippen molar-refractivity contribution in [3.8, 4) is 0 Å². The fourth-order valence-electron chi connectivity index (χ4n) is 0.419. The van der Waals surface area contributed by atoms with Crippen LogP contribution in [0.15, 0.2) is 36.5 Å². The third kappa shape index (κ3) is 5.55. The van der Waals surface area contributed by atoms with E-state index < -0.39 is 5.91 Å². The van der Waals surface area contributed by atoms with Gasteiger partial charge in [0.2, 0.25) is 5.91 Å². The van der Waals surface area contributed by atoms with Crippen LogP contribution in [0, 0.1) is 4.64 Å². The van der Waals surface area contributed by atoms with E-state index in [1.165, 1.54) is 0 Å². The summed E-state index contributed by atoms with van der Waals surface area (Å²) in [6.07, 6.45) is 1.80. The summed E-state index contributed by atoms with van der Waals surface area (Å²) in [6, 6.07) is 5.58. The van der Waals surface area contributed by atoms with Crippen molar-refractivity contribution in [3.63, 3.8) is 0 Å². The number of carbonyl (C=O) groups excluding carboxylic acids is 1. The van der Waals surface area contributed by atoms with Gasteiger partial charge in [0.05, 0.1) is 0 Å². The van der Waals surface area contributed by atoms with E-state index >= 15 is 0 Å². The van der Waals surface area contributed by atoms with Crippen molar-refractivity contribution in [1.82, 2.24) is 3.97 Å². The van der Waals surface area contributed by atoms with Crippen LogP contribution >= 0.6 is 25.0 Å². The minimum Gasteiger partial charge on any atom is -0.366 e. The molecule has 5 heteroatoms. The van der Waals surface area contributed by atoms with Crippen LogP contribution in [0.25, 0.3) is 0 Å². The van der Waals surface area contributed by atoms with Gasteiger partial charge in [0.15, 0.2) is 0 Å². The second kappa shape index (κ2) is 6.39. The first-order valence-electron chi connectivity index (χ1n) is 3.77. The molecule has 0 spiro atoms. The Morgan fingerprint density at radius 3 is 2.36 bits per heavy atom. The molecular formula is C9H12N2OS2. The highest BCUT2D eigenvalue weighted by Crippen LogP contribution is 1.92. The van der Waals surface area contributed by atoms with Gasteiger partial charge < -0.3 is 5.73 Å². The van der Waals surface area contributed by atoms with Gasteiger partial charge in [-0.2, -0.15) is 0 Å². The van der Waals surface area contributed by atoms with Crippen LogP contribution in [-0.2, 0) is 4.79 Å². The summed E-state index contributed by atoms with van der Waals surface area (Å²) in [5.74, 6) is -0.435. The molecule has 2 N–H and O–H groups in total. The van der Waals surface area contributed by atoms with Crippen molar-refractivity contribution >= 4 is 30.9 Å². The van der Waals surface area contributed by atoms with Crippen molar-refractivity contribution < 1.29 is 4.79 Å². The number of nitrogens with two attached hydrogens (primary N) is 1. The average molecular weight is 228 g/mol. The Morgan fingerprint density at radius 2 is 2.14 bits per heavy atom. The number of aromatic nitrogens is 1. The largest absolute Gasteiger partial charge is 0.366 e. The summed E-state index contributed by atoms with van der Waals surface area (Å²) in [5.41, 5.74) is 5.09. The molecule has 1 amide bonds. The van der Waals surface area contributed by atoms with Gasteiger partial charge in [-0.15, -0.1) is 0 Å². The van der Waals surface area contributed by atoms with E-state index in [2.05, 4.69) is 19.4 Å². The SMILES string of the molecule is C=C(C)C(N)=O.S=c1ccccn1S. The lowest BCUT2D eigenvalue weighted by Crippen LogP contribution is -2.10. The summed E-state index contributed by atoms with van der Waals surface area (Å²) in [7, 11) is 0. The maximum atomic E-state index is 9.82. The van der Waals surface area contributed by atoms with Gasteiger partial charge in [-0.1, -0.05) is 37.7 Å². The molecule has 1 heterocycles. The highest BCUT2D eigenvalue weighted by molar-refractivity contribution is 7.79. The predicted molar refractivity (Wildman–Crippen MR) is 63.7 cm³/mol. The molecule has 0 radical (unpaired) electrons. The van der Waals surface area contributed by atoms with E-state index in [9.17, 15) is 4.79 Å². The normalized spacial score (nSPS) is 8.43. The number of nitrogens with zero attached hydrogens (tertiary/aromatic N) is 1. The average Bonchev–Trinajstić information content (AvgIpc) is 2.11. The smallest absolute Gasteiger partial charge is 0.243 e. The second-order valence-corrected chi connectivity index (χ2v) is 3.38. The molecule has 76 valence electrons. The molecule has 0 aromatic carbocycles. The van der Waals surface area contributed by atoms with Crippen molar-refractivity contribution in [2.45, 2.75) is 6.92 Å². The zero-order valence-corrected chi connectivity index (χ0v) is 9.52. The number of hydrogen-bond acceptors (Lipinski definition) is 3. The molecule has 3 nitrogen and oxygen atoms in total. The first-order chi connectivity index (χ1) is 6.45. The molecule has 1 aromatic heterocycles. The number of amides is 1. The van der Waals surface area contributed by atoms with Crippen LogP contribution < -0.4 is 5.73 Å². The van der Waals surface area contributed by atoms with E-state index in [0.717, 1.165) is 4.64 Å². The molecule has 0 saturated heterocycles. The molecule has 1 rings (SSSR count). The zero-order valence-electron chi connectivity index (χ0n) is 7.80. The van der Waals surface area contributed by atoms with E-state index in [0.29, 0.717) is 5.57 Å². The zero-order chi connectivity index (χ0) is 11.1. The molecule has 0 aliphatic rings. The van der Waals surface area contributed by atoms with E-state index in [-0.39, 0.29) is 0 Å². The van der Waals surface area contributed by atoms with Gasteiger partial charge in [-0.05, 0) is 19.1 Å². The molecule has 0 aliphatic carbocycles. The van der Waals surface area contributed by atoms with Gasteiger partial charge in [0.1, 0.15) is 4.64 Å². The highest BCUT2D eigenvalue weighted by Gasteiger charge is 1.86. The Hall–Kier alpha value is -1.07. The minimum absolute atomic E-state index is 0.398. The fraction of sp³-hybridized carbons (Fsp3) is 0.111. The molecule has 0 saturated carbocycles. The minimum atomic E-state index is -0.435. The summed E-state index contributed by atoms with van der Waals surface area (Å²) < 4.78 is 2.32.